The molecule has 0 saturated carbocycles. The van der Waals surface area contributed by atoms with E-state index in [0.29, 0.717) is 50.1 Å². The maximum atomic E-state index is 14.0. The van der Waals surface area contributed by atoms with Crippen LogP contribution in [0.1, 0.15) is 36.9 Å². The second-order valence-electron chi connectivity index (χ2n) is 9.29. The maximum absolute atomic E-state index is 14.0. The van der Waals surface area contributed by atoms with Crippen molar-refractivity contribution in [2.24, 2.45) is 0 Å². The van der Waals surface area contributed by atoms with Crippen LogP contribution in [0.3, 0.4) is 0 Å². The predicted octanol–water partition coefficient (Wildman–Crippen LogP) is 2.10. The zero-order chi connectivity index (χ0) is 24.2. The summed E-state index contributed by atoms with van der Waals surface area (Å²) in [5, 5.41) is 11.0. The van der Waals surface area contributed by atoms with Gasteiger partial charge < -0.3 is 14.4 Å². The zero-order valence-corrected chi connectivity index (χ0v) is 19.8. The number of nitrogens with zero attached hydrogens (tertiary/aromatic N) is 7. The summed E-state index contributed by atoms with van der Waals surface area (Å²) < 4.78 is 17.4. The van der Waals surface area contributed by atoms with Crippen LogP contribution in [0.2, 0.25) is 0 Å². The highest BCUT2D eigenvalue weighted by atomic mass is 19.1. The Morgan fingerprint density at radius 2 is 1.89 bits per heavy atom. The number of tetrazole rings is 1. The van der Waals surface area contributed by atoms with Crippen LogP contribution in [0.25, 0.3) is 11.1 Å². The summed E-state index contributed by atoms with van der Waals surface area (Å²) in [6.07, 6.45) is 6.05. The van der Waals surface area contributed by atoms with Crippen molar-refractivity contribution in [2.75, 3.05) is 26.2 Å². The molecule has 184 valence electrons. The van der Waals surface area contributed by atoms with Gasteiger partial charge in [-0.15, -0.1) is 5.10 Å². The number of aromatic nitrogens is 5. The number of carbonyl (C=O) groups is 1. The molecule has 0 spiro atoms. The van der Waals surface area contributed by atoms with Crippen molar-refractivity contribution in [3.05, 3.63) is 64.1 Å². The first kappa shape index (κ1) is 23.3. The number of amides is 1. The molecule has 35 heavy (non-hydrogen) atoms. The quantitative estimate of drug-likeness (QED) is 0.516. The summed E-state index contributed by atoms with van der Waals surface area (Å²) >= 11 is 0. The second kappa shape index (κ2) is 10.5. The van der Waals surface area contributed by atoms with Crippen LogP contribution in [-0.2, 0) is 30.8 Å². The predicted molar refractivity (Wildman–Crippen MR) is 128 cm³/mol. The Bertz CT molecular complexity index is 1240. The minimum Gasteiger partial charge on any atom is -0.338 e. The molecular formula is C25H30FN7O2. The molecule has 4 heterocycles. The lowest BCUT2D eigenvalue weighted by atomic mass is 9.98. The van der Waals surface area contributed by atoms with Crippen molar-refractivity contribution >= 4 is 5.91 Å². The van der Waals surface area contributed by atoms with E-state index in [1.54, 1.807) is 12.1 Å². The number of benzene rings is 1. The lowest BCUT2D eigenvalue weighted by molar-refractivity contribution is -0.132. The number of carbonyl (C=O) groups excluding carboxylic acids is 1. The lowest BCUT2D eigenvalue weighted by Crippen LogP contribution is -2.41. The zero-order valence-electron chi connectivity index (χ0n) is 19.8. The standard InChI is InChI=1S/C25H30FN7O2/c26-21-6-4-5-19(15-21)22-16-20-17-31(24(34)8-12-32-18-27-28-29-32)11-7-23(20)33(25(22)35)14-13-30-9-2-1-3-10-30/h4-6,15-16,18H,1-3,7-14,17H2. The molecule has 2 aliphatic heterocycles. The third kappa shape index (κ3) is 5.32. The van der Waals surface area contributed by atoms with Crippen molar-refractivity contribution in [3.8, 4) is 11.1 Å². The number of aryl methyl sites for hydroxylation is 1. The summed E-state index contributed by atoms with van der Waals surface area (Å²) in [4.78, 5) is 30.7. The number of halogens is 1. The van der Waals surface area contributed by atoms with Crippen molar-refractivity contribution < 1.29 is 9.18 Å². The largest absolute Gasteiger partial charge is 0.338 e. The highest BCUT2D eigenvalue weighted by Gasteiger charge is 2.25. The van der Waals surface area contributed by atoms with Crippen LogP contribution in [0.15, 0.2) is 41.5 Å². The van der Waals surface area contributed by atoms with Gasteiger partial charge in [0.15, 0.2) is 0 Å². The van der Waals surface area contributed by atoms with E-state index in [4.69, 9.17) is 0 Å². The van der Waals surface area contributed by atoms with Crippen LogP contribution in [0, 0.1) is 5.82 Å². The van der Waals surface area contributed by atoms with E-state index >= 15 is 0 Å². The van der Waals surface area contributed by atoms with E-state index in [1.807, 2.05) is 15.5 Å². The van der Waals surface area contributed by atoms with Gasteiger partial charge in [0.2, 0.25) is 5.91 Å². The van der Waals surface area contributed by atoms with Crippen LogP contribution in [-0.4, -0.2) is 66.7 Å². The van der Waals surface area contributed by atoms with E-state index in [2.05, 4.69) is 20.4 Å². The van der Waals surface area contributed by atoms with E-state index < -0.39 is 0 Å². The van der Waals surface area contributed by atoms with Crippen LogP contribution in [0.4, 0.5) is 4.39 Å². The van der Waals surface area contributed by atoms with E-state index in [9.17, 15) is 14.0 Å². The lowest BCUT2D eigenvalue weighted by Gasteiger charge is -2.32. The molecule has 0 bridgehead atoms. The highest BCUT2D eigenvalue weighted by molar-refractivity contribution is 5.76. The van der Waals surface area contributed by atoms with Crippen molar-refractivity contribution in [1.82, 2.24) is 34.6 Å². The number of hydrogen-bond acceptors (Lipinski definition) is 6. The topological polar surface area (TPSA) is 89.1 Å². The summed E-state index contributed by atoms with van der Waals surface area (Å²) in [6, 6.07) is 8.01. The molecule has 0 unspecified atom stereocenters. The number of rotatable bonds is 7. The van der Waals surface area contributed by atoms with Gasteiger partial charge in [-0.2, -0.15) is 0 Å². The summed E-state index contributed by atoms with van der Waals surface area (Å²) in [5.41, 5.74) is 2.88. The van der Waals surface area contributed by atoms with Crippen molar-refractivity contribution in [2.45, 2.75) is 51.7 Å². The van der Waals surface area contributed by atoms with Gasteiger partial charge in [-0.3, -0.25) is 9.59 Å². The molecule has 0 aliphatic carbocycles. The molecule has 1 aromatic carbocycles. The van der Waals surface area contributed by atoms with Gasteiger partial charge in [-0.05, 0) is 65.7 Å². The van der Waals surface area contributed by atoms with Gasteiger partial charge in [-0.1, -0.05) is 18.6 Å². The Hall–Kier alpha value is -3.40. The summed E-state index contributed by atoms with van der Waals surface area (Å²) in [6.45, 7) is 4.93. The molecule has 0 N–H and O–H groups in total. The number of fused-ring (bicyclic) bond motifs is 1. The number of pyridine rings is 1. The van der Waals surface area contributed by atoms with Gasteiger partial charge in [0.1, 0.15) is 12.1 Å². The molecule has 2 aromatic heterocycles. The minimum absolute atomic E-state index is 0.0181. The third-order valence-corrected chi connectivity index (χ3v) is 6.99. The first-order valence-electron chi connectivity index (χ1n) is 12.3. The average Bonchev–Trinajstić information content (AvgIpc) is 3.40. The SMILES string of the molecule is O=C(CCn1cnnn1)N1CCc2c(cc(-c3cccc(F)c3)c(=O)n2CCN2CCCCC2)C1. The number of likely N-dealkylation sites (tertiary alicyclic amines) is 1. The van der Waals surface area contributed by atoms with Crippen LogP contribution < -0.4 is 5.56 Å². The molecule has 9 nitrogen and oxygen atoms in total. The summed E-state index contributed by atoms with van der Waals surface area (Å²) in [7, 11) is 0. The summed E-state index contributed by atoms with van der Waals surface area (Å²) in [5.74, 6) is -0.358. The van der Waals surface area contributed by atoms with Crippen molar-refractivity contribution in [3.63, 3.8) is 0 Å². The molecule has 0 radical (unpaired) electrons. The molecule has 3 aromatic rings. The number of hydrogen-bond donors (Lipinski definition) is 0. The first-order valence-corrected chi connectivity index (χ1v) is 12.3. The molecule has 1 amide bonds. The number of piperidine rings is 1. The first-order chi connectivity index (χ1) is 17.1. The van der Waals surface area contributed by atoms with Crippen LogP contribution in [0.5, 0.6) is 0 Å². The molecule has 1 saturated heterocycles. The Kier molecular flexibility index (Phi) is 6.98. The van der Waals surface area contributed by atoms with E-state index in [0.717, 1.165) is 30.9 Å². The van der Waals surface area contributed by atoms with E-state index in [-0.39, 0.29) is 17.3 Å². The Labute approximate surface area is 203 Å². The fourth-order valence-electron chi connectivity index (χ4n) is 5.11. The van der Waals surface area contributed by atoms with E-state index in [1.165, 1.54) is 42.4 Å². The Morgan fingerprint density at radius 3 is 2.66 bits per heavy atom. The van der Waals surface area contributed by atoms with Crippen molar-refractivity contribution in [1.29, 1.82) is 0 Å². The minimum atomic E-state index is -0.376. The molecule has 2 aliphatic rings. The molecule has 0 atom stereocenters. The molecule has 10 heteroatoms. The van der Waals surface area contributed by atoms with Gasteiger partial charge in [0, 0.05) is 50.3 Å². The fourth-order valence-corrected chi connectivity index (χ4v) is 5.11. The molecule has 1 fully saturated rings. The fraction of sp³-hybridized carbons (Fsp3) is 0.480. The van der Waals surface area contributed by atoms with Gasteiger partial charge in [0.05, 0.1) is 6.54 Å². The monoisotopic (exact) mass is 479 g/mol. The van der Waals surface area contributed by atoms with Gasteiger partial charge in [-0.25, -0.2) is 9.07 Å². The Morgan fingerprint density at radius 1 is 1.03 bits per heavy atom. The van der Waals surface area contributed by atoms with Crippen LogP contribution >= 0.6 is 0 Å². The molecular weight excluding hydrogens is 449 g/mol. The van der Waals surface area contributed by atoms with Gasteiger partial charge >= 0.3 is 0 Å². The average molecular weight is 480 g/mol. The second-order valence-corrected chi connectivity index (χ2v) is 9.29. The molecule has 5 rings (SSSR count). The van der Waals surface area contributed by atoms with Gasteiger partial charge in [0.25, 0.3) is 5.56 Å². The third-order valence-electron chi connectivity index (χ3n) is 6.99. The maximum Gasteiger partial charge on any atom is 0.258 e. The normalized spacial score (nSPS) is 16.3. The highest BCUT2D eigenvalue weighted by Crippen LogP contribution is 2.25. The smallest absolute Gasteiger partial charge is 0.258 e. The Balaban J connectivity index is 1.42.